The van der Waals surface area contributed by atoms with Crippen LogP contribution in [0, 0.1) is 11.2 Å². The first-order chi connectivity index (χ1) is 7.48. The third kappa shape index (κ3) is 2.29. The van der Waals surface area contributed by atoms with E-state index in [1.54, 1.807) is 6.07 Å². The van der Waals surface area contributed by atoms with Gasteiger partial charge in [0.05, 0.1) is 11.4 Å². The van der Waals surface area contributed by atoms with E-state index in [4.69, 9.17) is 5.73 Å². The third-order valence-corrected chi connectivity index (χ3v) is 3.45. The van der Waals surface area contributed by atoms with Crippen LogP contribution in [0.5, 0.6) is 0 Å². The molecule has 0 amide bonds. The molecule has 2 nitrogen and oxygen atoms in total. The lowest BCUT2D eigenvalue weighted by atomic mass is 9.82. The Balaban J connectivity index is 2.17. The Morgan fingerprint density at radius 1 is 1.25 bits per heavy atom. The van der Waals surface area contributed by atoms with Crippen molar-refractivity contribution in [2.24, 2.45) is 5.41 Å². The van der Waals surface area contributed by atoms with E-state index in [2.05, 4.69) is 18.7 Å². The summed E-state index contributed by atoms with van der Waals surface area (Å²) in [6.07, 6.45) is 2.26. The van der Waals surface area contributed by atoms with Gasteiger partial charge in [-0.1, -0.05) is 13.8 Å². The largest absolute Gasteiger partial charge is 0.397 e. The molecule has 0 atom stereocenters. The van der Waals surface area contributed by atoms with Gasteiger partial charge in [0, 0.05) is 13.1 Å². The Bertz CT molecular complexity index is 378. The van der Waals surface area contributed by atoms with Crippen LogP contribution in [0.1, 0.15) is 26.7 Å². The van der Waals surface area contributed by atoms with Gasteiger partial charge in [0.15, 0.2) is 0 Å². The molecule has 1 fully saturated rings. The quantitative estimate of drug-likeness (QED) is 0.740. The van der Waals surface area contributed by atoms with Crippen LogP contribution in [0.2, 0.25) is 0 Å². The van der Waals surface area contributed by atoms with E-state index in [0.29, 0.717) is 11.1 Å². The summed E-state index contributed by atoms with van der Waals surface area (Å²) in [6.45, 7) is 6.47. The lowest BCUT2D eigenvalue weighted by molar-refractivity contribution is 0.280. The van der Waals surface area contributed by atoms with Crippen molar-refractivity contribution in [3.63, 3.8) is 0 Å². The highest BCUT2D eigenvalue weighted by Crippen LogP contribution is 2.34. The Morgan fingerprint density at radius 3 is 2.50 bits per heavy atom. The van der Waals surface area contributed by atoms with Gasteiger partial charge in [-0.15, -0.1) is 0 Å². The number of rotatable bonds is 1. The molecule has 0 saturated carbocycles. The second-order valence-electron chi connectivity index (χ2n) is 5.35. The van der Waals surface area contributed by atoms with Crippen molar-refractivity contribution in [2.45, 2.75) is 26.7 Å². The summed E-state index contributed by atoms with van der Waals surface area (Å²) in [7, 11) is 0. The topological polar surface area (TPSA) is 29.3 Å². The molecule has 1 aromatic carbocycles. The van der Waals surface area contributed by atoms with Crippen molar-refractivity contribution in [1.82, 2.24) is 0 Å². The molecule has 2 N–H and O–H groups in total. The smallest absolute Gasteiger partial charge is 0.125 e. The number of nitrogens with zero attached hydrogens (tertiary/aromatic N) is 1. The highest BCUT2D eigenvalue weighted by atomic mass is 19.1. The zero-order valence-electron chi connectivity index (χ0n) is 9.96. The van der Waals surface area contributed by atoms with E-state index in [9.17, 15) is 4.39 Å². The molecule has 1 aliphatic heterocycles. The van der Waals surface area contributed by atoms with Crippen LogP contribution in [0.15, 0.2) is 18.2 Å². The van der Waals surface area contributed by atoms with Crippen LogP contribution in [0.3, 0.4) is 0 Å². The van der Waals surface area contributed by atoms with Crippen molar-refractivity contribution in [1.29, 1.82) is 0 Å². The van der Waals surface area contributed by atoms with Gasteiger partial charge in [-0.05, 0) is 36.5 Å². The second kappa shape index (κ2) is 3.96. The molecule has 88 valence electrons. The number of piperidine rings is 1. The van der Waals surface area contributed by atoms with Gasteiger partial charge in [0.2, 0.25) is 0 Å². The summed E-state index contributed by atoms with van der Waals surface area (Å²) in [5, 5.41) is 0. The second-order valence-corrected chi connectivity index (χ2v) is 5.35. The Labute approximate surface area is 96.2 Å². The number of benzene rings is 1. The highest BCUT2D eigenvalue weighted by Gasteiger charge is 2.26. The predicted octanol–water partition coefficient (Wildman–Crippen LogP) is 3.03. The Morgan fingerprint density at radius 2 is 1.88 bits per heavy atom. The number of nitrogens with two attached hydrogens (primary N) is 1. The number of halogens is 1. The zero-order chi connectivity index (χ0) is 11.8. The molecule has 1 heterocycles. The number of nitrogen functional groups attached to an aromatic ring is 1. The van der Waals surface area contributed by atoms with Gasteiger partial charge >= 0.3 is 0 Å². The number of hydrogen-bond acceptors (Lipinski definition) is 2. The summed E-state index contributed by atoms with van der Waals surface area (Å²) in [5.41, 5.74) is 7.79. The molecule has 1 saturated heterocycles. The van der Waals surface area contributed by atoms with Crippen LogP contribution in [-0.4, -0.2) is 13.1 Å². The van der Waals surface area contributed by atoms with Crippen molar-refractivity contribution < 1.29 is 4.39 Å². The van der Waals surface area contributed by atoms with E-state index in [1.807, 2.05) is 0 Å². The predicted molar refractivity (Wildman–Crippen MR) is 66.0 cm³/mol. The molecule has 16 heavy (non-hydrogen) atoms. The highest BCUT2D eigenvalue weighted by molar-refractivity contribution is 5.67. The lowest BCUT2D eigenvalue weighted by Crippen LogP contribution is -2.37. The van der Waals surface area contributed by atoms with Gasteiger partial charge < -0.3 is 10.6 Å². The van der Waals surface area contributed by atoms with Crippen LogP contribution in [0.4, 0.5) is 15.8 Å². The first-order valence-electron chi connectivity index (χ1n) is 5.78. The SMILES string of the molecule is CC1(C)CCN(c2cc(F)ccc2N)CC1. The third-order valence-electron chi connectivity index (χ3n) is 3.45. The minimum atomic E-state index is -0.214. The van der Waals surface area contributed by atoms with Gasteiger partial charge in [0.1, 0.15) is 5.82 Å². The van der Waals surface area contributed by atoms with Crippen molar-refractivity contribution in [3.8, 4) is 0 Å². The Hall–Kier alpha value is -1.25. The monoisotopic (exact) mass is 222 g/mol. The van der Waals surface area contributed by atoms with Crippen molar-refractivity contribution in [2.75, 3.05) is 23.7 Å². The molecule has 0 spiro atoms. The fraction of sp³-hybridized carbons (Fsp3) is 0.538. The molecule has 0 unspecified atom stereocenters. The standard InChI is InChI=1S/C13H19FN2/c1-13(2)5-7-16(8-6-13)12-9-10(14)3-4-11(12)15/h3-4,9H,5-8,15H2,1-2H3. The molecular weight excluding hydrogens is 203 g/mol. The normalized spacial score (nSPS) is 19.8. The van der Waals surface area contributed by atoms with Crippen molar-refractivity contribution in [3.05, 3.63) is 24.0 Å². The maximum atomic E-state index is 13.2. The molecule has 0 aliphatic carbocycles. The first-order valence-corrected chi connectivity index (χ1v) is 5.78. The van der Waals surface area contributed by atoms with E-state index in [1.165, 1.54) is 12.1 Å². The van der Waals surface area contributed by atoms with Crippen LogP contribution in [0.25, 0.3) is 0 Å². The van der Waals surface area contributed by atoms with Crippen LogP contribution >= 0.6 is 0 Å². The first kappa shape index (κ1) is 11.2. The fourth-order valence-electron chi connectivity index (χ4n) is 2.14. The maximum Gasteiger partial charge on any atom is 0.125 e. The van der Waals surface area contributed by atoms with E-state index < -0.39 is 0 Å². The molecular formula is C13H19FN2. The molecule has 0 aromatic heterocycles. The van der Waals surface area contributed by atoms with Gasteiger partial charge in [-0.25, -0.2) is 4.39 Å². The van der Waals surface area contributed by atoms with Crippen LogP contribution < -0.4 is 10.6 Å². The van der Waals surface area contributed by atoms with E-state index >= 15 is 0 Å². The molecule has 3 heteroatoms. The average molecular weight is 222 g/mol. The van der Waals surface area contributed by atoms with E-state index in [-0.39, 0.29) is 5.82 Å². The minimum absolute atomic E-state index is 0.214. The summed E-state index contributed by atoms with van der Waals surface area (Å²) in [6, 6.07) is 4.59. The molecule has 1 aromatic rings. The molecule has 2 rings (SSSR count). The van der Waals surface area contributed by atoms with Gasteiger partial charge in [0.25, 0.3) is 0 Å². The fourth-order valence-corrected chi connectivity index (χ4v) is 2.14. The number of anilines is 2. The lowest BCUT2D eigenvalue weighted by Gasteiger charge is -2.38. The molecule has 0 bridgehead atoms. The number of hydrogen-bond donors (Lipinski definition) is 1. The van der Waals surface area contributed by atoms with Gasteiger partial charge in [-0.3, -0.25) is 0 Å². The molecule has 0 radical (unpaired) electrons. The van der Waals surface area contributed by atoms with Crippen molar-refractivity contribution >= 4 is 11.4 Å². The summed E-state index contributed by atoms with van der Waals surface area (Å²) < 4.78 is 13.2. The summed E-state index contributed by atoms with van der Waals surface area (Å²) in [5.74, 6) is -0.214. The molecule has 1 aliphatic rings. The summed E-state index contributed by atoms with van der Waals surface area (Å²) >= 11 is 0. The zero-order valence-corrected chi connectivity index (χ0v) is 9.96. The summed E-state index contributed by atoms with van der Waals surface area (Å²) in [4.78, 5) is 2.18. The van der Waals surface area contributed by atoms with E-state index in [0.717, 1.165) is 31.6 Å². The maximum absolute atomic E-state index is 13.2. The van der Waals surface area contributed by atoms with Gasteiger partial charge in [-0.2, -0.15) is 0 Å². The van der Waals surface area contributed by atoms with Crippen LogP contribution in [-0.2, 0) is 0 Å². The minimum Gasteiger partial charge on any atom is -0.397 e. The average Bonchev–Trinajstić information content (AvgIpc) is 2.22. The Kier molecular flexibility index (Phi) is 2.78.